The molecule has 0 unspecified atom stereocenters. The van der Waals surface area contributed by atoms with E-state index in [9.17, 15) is 14.0 Å². The van der Waals surface area contributed by atoms with Gasteiger partial charge in [0.2, 0.25) is 5.91 Å². The van der Waals surface area contributed by atoms with Gasteiger partial charge in [0, 0.05) is 29.3 Å². The molecule has 168 valence electrons. The Morgan fingerprint density at radius 2 is 1.62 bits per heavy atom. The average molecular weight is 437 g/mol. The normalized spacial score (nSPS) is 27.8. The standard InChI is InChI=1S/C26H29FN2O3/c1-32-23-7-6-21(11-22(23)27)29-24(30)20-4-2-16(3-5-20)15-28-25(31)26-12-17-8-18(13-26)10-19(9-17)14-26/h2-7,11,17-19H,8-10,12-15H2,1H3,(H,28,31)(H,29,30). The summed E-state index contributed by atoms with van der Waals surface area (Å²) in [5.41, 5.74) is 1.63. The second kappa shape index (κ2) is 8.23. The number of carbonyl (C=O) groups excluding carboxylic acids is 2. The third kappa shape index (κ3) is 3.98. The Morgan fingerprint density at radius 1 is 1.00 bits per heavy atom. The number of anilines is 1. The Balaban J connectivity index is 1.18. The van der Waals surface area contributed by atoms with E-state index in [1.807, 2.05) is 12.1 Å². The monoisotopic (exact) mass is 436 g/mol. The lowest BCUT2D eigenvalue weighted by atomic mass is 9.49. The molecule has 4 fully saturated rings. The van der Waals surface area contributed by atoms with E-state index in [1.165, 1.54) is 38.5 Å². The van der Waals surface area contributed by atoms with E-state index in [0.717, 1.165) is 42.6 Å². The van der Waals surface area contributed by atoms with E-state index in [1.54, 1.807) is 18.2 Å². The molecule has 0 spiro atoms. The fourth-order valence-electron chi connectivity index (χ4n) is 6.48. The fourth-order valence-corrected chi connectivity index (χ4v) is 6.48. The molecular weight excluding hydrogens is 407 g/mol. The Kier molecular flexibility index (Phi) is 5.39. The molecule has 4 bridgehead atoms. The zero-order chi connectivity index (χ0) is 22.3. The van der Waals surface area contributed by atoms with Gasteiger partial charge in [-0.25, -0.2) is 4.39 Å². The van der Waals surface area contributed by atoms with Gasteiger partial charge in [0.05, 0.1) is 7.11 Å². The summed E-state index contributed by atoms with van der Waals surface area (Å²) in [6.45, 7) is 0.464. The van der Waals surface area contributed by atoms with E-state index in [0.29, 0.717) is 17.8 Å². The van der Waals surface area contributed by atoms with Crippen LogP contribution in [0, 0.1) is 29.0 Å². The predicted molar refractivity (Wildman–Crippen MR) is 120 cm³/mol. The number of hydrogen-bond acceptors (Lipinski definition) is 3. The highest BCUT2D eigenvalue weighted by molar-refractivity contribution is 6.04. The van der Waals surface area contributed by atoms with Gasteiger partial charge in [-0.3, -0.25) is 9.59 Å². The Bertz CT molecular complexity index is 999. The summed E-state index contributed by atoms with van der Waals surface area (Å²) in [6.07, 6.45) is 7.11. The lowest BCUT2D eigenvalue weighted by Gasteiger charge is -2.55. The molecule has 6 rings (SSSR count). The number of rotatable bonds is 6. The molecule has 0 atom stereocenters. The van der Waals surface area contributed by atoms with E-state index < -0.39 is 5.82 Å². The van der Waals surface area contributed by atoms with Crippen molar-refractivity contribution in [2.45, 2.75) is 45.1 Å². The van der Waals surface area contributed by atoms with E-state index in [-0.39, 0.29) is 23.0 Å². The number of benzene rings is 2. The van der Waals surface area contributed by atoms with Crippen molar-refractivity contribution in [3.63, 3.8) is 0 Å². The Morgan fingerprint density at radius 3 is 2.19 bits per heavy atom. The summed E-state index contributed by atoms with van der Waals surface area (Å²) >= 11 is 0. The van der Waals surface area contributed by atoms with Crippen LogP contribution < -0.4 is 15.4 Å². The van der Waals surface area contributed by atoms with Crippen molar-refractivity contribution in [1.29, 1.82) is 0 Å². The van der Waals surface area contributed by atoms with Crippen LogP contribution in [0.2, 0.25) is 0 Å². The first-order valence-corrected chi connectivity index (χ1v) is 11.5. The first-order valence-electron chi connectivity index (χ1n) is 11.5. The molecule has 6 heteroatoms. The van der Waals surface area contributed by atoms with Gasteiger partial charge in [-0.2, -0.15) is 0 Å². The minimum absolute atomic E-state index is 0.128. The summed E-state index contributed by atoms with van der Waals surface area (Å²) in [6, 6.07) is 11.4. The molecule has 2 aromatic carbocycles. The second-order valence-corrected chi connectivity index (χ2v) is 9.88. The number of ether oxygens (including phenoxy) is 1. The van der Waals surface area contributed by atoms with Crippen LogP contribution in [0.4, 0.5) is 10.1 Å². The summed E-state index contributed by atoms with van der Waals surface area (Å²) in [4.78, 5) is 25.6. The molecule has 2 aromatic rings. The SMILES string of the molecule is COc1ccc(NC(=O)c2ccc(CNC(=O)C34CC5CC(CC(C5)C3)C4)cc2)cc1F. The van der Waals surface area contributed by atoms with Crippen LogP contribution in [-0.2, 0) is 11.3 Å². The summed E-state index contributed by atoms with van der Waals surface area (Å²) in [5.74, 6) is 1.70. The lowest BCUT2D eigenvalue weighted by molar-refractivity contribution is -0.146. The van der Waals surface area contributed by atoms with Crippen molar-refractivity contribution in [2.24, 2.45) is 23.2 Å². The summed E-state index contributed by atoms with van der Waals surface area (Å²) in [5, 5.41) is 5.86. The van der Waals surface area contributed by atoms with Crippen molar-refractivity contribution in [3.05, 3.63) is 59.4 Å². The van der Waals surface area contributed by atoms with Crippen LogP contribution in [0.3, 0.4) is 0 Å². The van der Waals surface area contributed by atoms with Gasteiger partial charge in [0.1, 0.15) is 0 Å². The number of halogens is 1. The van der Waals surface area contributed by atoms with Crippen LogP contribution in [0.15, 0.2) is 42.5 Å². The third-order valence-electron chi connectivity index (χ3n) is 7.60. The predicted octanol–water partition coefficient (Wildman–Crippen LogP) is 4.92. The van der Waals surface area contributed by atoms with E-state index in [2.05, 4.69) is 10.6 Å². The van der Waals surface area contributed by atoms with Gasteiger partial charge < -0.3 is 15.4 Å². The zero-order valence-electron chi connectivity index (χ0n) is 18.3. The summed E-state index contributed by atoms with van der Waals surface area (Å²) < 4.78 is 18.7. The molecule has 4 aliphatic carbocycles. The molecule has 0 aliphatic heterocycles. The first kappa shape index (κ1) is 21.0. The van der Waals surface area contributed by atoms with E-state index in [4.69, 9.17) is 4.74 Å². The minimum Gasteiger partial charge on any atom is -0.494 e. The quantitative estimate of drug-likeness (QED) is 0.676. The number of carbonyl (C=O) groups is 2. The molecule has 32 heavy (non-hydrogen) atoms. The van der Waals surface area contributed by atoms with Gasteiger partial charge in [-0.15, -0.1) is 0 Å². The van der Waals surface area contributed by atoms with Crippen LogP contribution in [0.1, 0.15) is 54.4 Å². The molecule has 0 saturated heterocycles. The van der Waals surface area contributed by atoms with Gasteiger partial charge in [-0.05, 0) is 86.1 Å². The van der Waals surface area contributed by atoms with Crippen molar-refractivity contribution in [2.75, 3.05) is 12.4 Å². The van der Waals surface area contributed by atoms with Crippen LogP contribution in [0.5, 0.6) is 5.75 Å². The van der Waals surface area contributed by atoms with Gasteiger partial charge in [0.15, 0.2) is 11.6 Å². The van der Waals surface area contributed by atoms with Crippen LogP contribution >= 0.6 is 0 Å². The first-order chi connectivity index (χ1) is 15.4. The highest BCUT2D eigenvalue weighted by atomic mass is 19.1. The van der Waals surface area contributed by atoms with Gasteiger partial charge in [-0.1, -0.05) is 12.1 Å². The minimum atomic E-state index is -0.532. The maximum atomic E-state index is 13.8. The highest BCUT2D eigenvalue weighted by Crippen LogP contribution is 2.60. The molecule has 2 N–H and O–H groups in total. The fraction of sp³-hybridized carbons (Fsp3) is 0.462. The molecule has 0 radical (unpaired) electrons. The Hall–Kier alpha value is -2.89. The van der Waals surface area contributed by atoms with Crippen molar-refractivity contribution >= 4 is 17.5 Å². The number of nitrogens with one attached hydrogen (secondary N) is 2. The second-order valence-electron chi connectivity index (χ2n) is 9.88. The van der Waals surface area contributed by atoms with Gasteiger partial charge in [0.25, 0.3) is 5.91 Å². The smallest absolute Gasteiger partial charge is 0.255 e. The maximum absolute atomic E-state index is 13.8. The molecule has 5 nitrogen and oxygen atoms in total. The van der Waals surface area contributed by atoms with Crippen LogP contribution in [-0.4, -0.2) is 18.9 Å². The Labute approximate surface area is 187 Å². The molecule has 2 amide bonds. The number of hydrogen-bond donors (Lipinski definition) is 2. The number of amides is 2. The largest absolute Gasteiger partial charge is 0.494 e. The van der Waals surface area contributed by atoms with E-state index >= 15 is 0 Å². The zero-order valence-corrected chi connectivity index (χ0v) is 18.3. The van der Waals surface area contributed by atoms with Gasteiger partial charge >= 0.3 is 0 Å². The topological polar surface area (TPSA) is 67.4 Å². The molecular formula is C26H29FN2O3. The van der Waals surface area contributed by atoms with Crippen LogP contribution in [0.25, 0.3) is 0 Å². The molecule has 4 saturated carbocycles. The number of methoxy groups -OCH3 is 1. The van der Waals surface area contributed by atoms with Crippen molar-refractivity contribution in [1.82, 2.24) is 5.32 Å². The molecule has 0 aromatic heterocycles. The molecule has 0 heterocycles. The van der Waals surface area contributed by atoms with Crippen molar-refractivity contribution in [3.8, 4) is 5.75 Å². The third-order valence-corrected chi connectivity index (χ3v) is 7.60. The molecule has 4 aliphatic rings. The maximum Gasteiger partial charge on any atom is 0.255 e. The average Bonchev–Trinajstić information content (AvgIpc) is 2.77. The van der Waals surface area contributed by atoms with Crippen molar-refractivity contribution < 1.29 is 18.7 Å². The lowest BCUT2D eigenvalue weighted by Crippen LogP contribution is -2.53. The highest BCUT2D eigenvalue weighted by Gasteiger charge is 2.54. The summed E-state index contributed by atoms with van der Waals surface area (Å²) in [7, 11) is 1.39.